The van der Waals surface area contributed by atoms with Gasteiger partial charge in [0.15, 0.2) is 0 Å². The molecule has 0 saturated carbocycles. The van der Waals surface area contributed by atoms with Crippen molar-refractivity contribution in [3.8, 4) is 0 Å². The largest absolute Gasteiger partial charge is 0.490 e. The minimum Gasteiger partial charge on any atom is -0.475 e. The molecule has 1 heterocycles. The third kappa shape index (κ3) is 4.44. The van der Waals surface area contributed by atoms with Crippen LogP contribution in [0, 0.1) is 5.41 Å². The average molecular weight is 238 g/mol. The van der Waals surface area contributed by atoms with E-state index in [0.717, 1.165) is 0 Å². The lowest BCUT2D eigenvalue weighted by atomic mass is 10.4. The van der Waals surface area contributed by atoms with Crippen LogP contribution in [-0.2, 0) is 11.8 Å². The van der Waals surface area contributed by atoms with Gasteiger partial charge in [0.05, 0.1) is 12.5 Å². The van der Waals surface area contributed by atoms with Gasteiger partial charge in [-0.1, -0.05) is 0 Å². The zero-order valence-electron chi connectivity index (χ0n) is 8.12. The van der Waals surface area contributed by atoms with Gasteiger partial charge in [-0.15, -0.1) is 0 Å². The molecule has 0 bridgehead atoms. The summed E-state index contributed by atoms with van der Waals surface area (Å²) in [6.07, 6.45) is -1.92. The third-order valence-electron chi connectivity index (χ3n) is 1.34. The lowest BCUT2D eigenvalue weighted by Gasteiger charge is -1.95. The van der Waals surface area contributed by atoms with Crippen molar-refractivity contribution in [2.45, 2.75) is 6.18 Å². The molecule has 90 valence electrons. The van der Waals surface area contributed by atoms with Gasteiger partial charge in [-0.2, -0.15) is 13.2 Å². The Morgan fingerprint density at radius 2 is 2.06 bits per heavy atom. The molecule has 0 fully saturated rings. The molecule has 0 spiro atoms. The number of imidazole rings is 1. The molecule has 0 radical (unpaired) electrons. The fraction of sp³-hybridized carbons (Fsp3) is 0.286. The molecule has 6 nitrogen and oxygen atoms in total. The van der Waals surface area contributed by atoms with Gasteiger partial charge < -0.3 is 15.4 Å². The van der Waals surface area contributed by atoms with Gasteiger partial charge >= 0.3 is 12.1 Å². The van der Waals surface area contributed by atoms with Gasteiger partial charge in [0.1, 0.15) is 11.5 Å². The quantitative estimate of drug-likeness (QED) is 0.484. The highest BCUT2D eigenvalue weighted by atomic mass is 19.4. The Morgan fingerprint density at radius 3 is 2.19 bits per heavy atom. The number of rotatable bonds is 1. The van der Waals surface area contributed by atoms with Crippen LogP contribution < -0.4 is 5.73 Å². The number of halogens is 3. The number of hydrogen-bond donors (Lipinski definition) is 3. The Kier molecular flexibility index (Phi) is 4.48. The number of carboxylic acid groups (broad SMARTS) is 1. The maximum atomic E-state index is 10.6. The number of nitrogen functional groups attached to an aromatic ring is 1. The molecular weight excluding hydrogens is 229 g/mol. The number of nitrogens with one attached hydrogen (secondary N) is 1. The zero-order valence-corrected chi connectivity index (χ0v) is 8.12. The number of carbonyl (C=O) groups is 1. The summed E-state index contributed by atoms with van der Waals surface area (Å²) < 4.78 is 33.4. The van der Waals surface area contributed by atoms with Crippen molar-refractivity contribution in [1.82, 2.24) is 9.55 Å². The number of alkyl halides is 3. The molecule has 0 aliphatic rings. The van der Waals surface area contributed by atoms with Gasteiger partial charge in [0.25, 0.3) is 0 Å². The van der Waals surface area contributed by atoms with Gasteiger partial charge in [-0.25, -0.2) is 9.78 Å². The lowest BCUT2D eigenvalue weighted by Crippen LogP contribution is -2.21. The van der Waals surface area contributed by atoms with Crippen LogP contribution in [0.25, 0.3) is 0 Å². The molecule has 0 aliphatic heterocycles. The predicted octanol–water partition coefficient (Wildman–Crippen LogP) is 0.337. The highest BCUT2D eigenvalue weighted by Gasteiger charge is 2.38. The third-order valence-corrected chi connectivity index (χ3v) is 1.34. The standard InChI is InChI=1S/C5H8N4.C2HF3O2/c1-9-3-8-2-4(9)5(6)7;3-2(4,5)1(6)7/h2-3H,1H3,(H3,6,7);(H,6,7). The lowest BCUT2D eigenvalue weighted by molar-refractivity contribution is -0.192. The highest BCUT2D eigenvalue weighted by molar-refractivity contribution is 5.92. The second-order valence-corrected chi connectivity index (χ2v) is 2.61. The van der Waals surface area contributed by atoms with Crippen molar-refractivity contribution < 1.29 is 23.1 Å². The summed E-state index contributed by atoms with van der Waals surface area (Å²) in [5.41, 5.74) is 5.83. The number of aliphatic carboxylic acids is 1. The first kappa shape index (κ1) is 13.9. The summed E-state index contributed by atoms with van der Waals surface area (Å²) in [6, 6.07) is 0. The number of carboxylic acids is 1. The van der Waals surface area contributed by atoms with E-state index in [-0.39, 0.29) is 5.84 Å². The number of nitrogens with two attached hydrogens (primary N) is 1. The molecule has 0 saturated heterocycles. The van der Waals surface area contributed by atoms with Crippen LogP contribution in [0.3, 0.4) is 0 Å². The Hall–Kier alpha value is -2.06. The van der Waals surface area contributed by atoms with Gasteiger partial charge in [0.2, 0.25) is 0 Å². The Balaban J connectivity index is 0.000000293. The second-order valence-electron chi connectivity index (χ2n) is 2.61. The van der Waals surface area contributed by atoms with E-state index in [4.69, 9.17) is 21.0 Å². The molecule has 0 amide bonds. The normalized spacial score (nSPS) is 10.2. The number of nitrogens with zero attached hydrogens (tertiary/aromatic N) is 2. The number of aryl methyl sites for hydroxylation is 1. The molecule has 9 heteroatoms. The van der Waals surface area contributed by atoms with Crippen LogP contribution >= 0.6 is 0 Å². The van der Waals surface area contributed by atoms with Crippen LogP contribution in [0.2, 0.25) is 0 Å². The van der Waals surface area contributed by atoms with Crippen LogP contribution in [-0.4, -0.2) is 32.6 Å². The van der Waals surface area contributed by atoms with E-state index in [0.29, 0.717) is 5.69 Å². The Morgan fingerprint density at radius 1 is 1.62 bits per heavy atom. The summed E-state index contributed by atoms with van der Waals surface area (Å²) in [4.78, 5) is 12.7. The van der Waals surface area contributed by atoms with E-state index >= 15 is 0 Å². The first-order valence-electron chi connectivity index (χ1n) is 3.77. The van der Waals surface area contributed by atoms with E-state index in [1.54, 1.807) is 24.1 Å². The number of amidine groups is 1. The van der Waals surface area contributed by atoms with Crippen molar-refractivity contribution in [3.05, 3.63) is 18.2 Å². The minimum atomic E-state index is -5.08. The van der Waals surface area contributed by atoms with E-state index in [1.165, 1.54) is 0 Å². The Bertz CT molecular complexity index is 385. The van der Waals surface area contributed by atoms with Crippen molar-refractivity contribution in [2.24, 2.45) is 12.8 Å². The van der Waals surface area contributed by atoms with E-state index in [9.17, 15) is 13.2 Å². The van der Waals surface area contributed by atoms with E-state index in [1.807, 2.05) is 0 Å². The minimum absolute atomic E-state index is 0.0509. The molecule has 4 N–H and O–H groups in total. The molecule has 16 heavy (non-hydrogen) atoms. The van der Waals surface area contributed by atoms with Gasteiger partial charge in [-0.3, -0.25) is 5.41 Å². The smallest absolute Gasteiger partial charge is 0.475 e. The molecule has 1 aromatic heterocycles. The monoisotopic (exact) mass is 238 g/mol. The second kappa shape index (κ2) is 5.14. The maximum absolute atomic E-state index is 10.6. The van der Waals surface area contributed by atoms with Crippen LogP contribution in [0.5, 0.6) is 0 Å². The van der Waals surface area contributed by atoms with Crippen molar-refractivity contribution in [3.63, 3.8) is 0 Å². The van der Waals surface area contributed by atoms with Crippen LogP contribution in [0.4, 0.5) is 13.2 Å². The maximum Gasteiger partial charge on any atom is 0.490 e. The molecule has 1 aromatic rings. The van der Waals surface area contributed by atoms with E-state index in [2.05, 4.69) is 4.98 Å². The van der Waals surface area contributed by atoms with Gasteiger partial charge in [-0.05, 0) is 0 Å². The summed E-state index contributed by atoms with van der Waals surface area (Å²) in [6.45, 7) is 0. The predicted molar refractivity (Wildman–Crippen MR) is 47.9 cm³/mol. The molecule has 1 rings (SSSR count). The number of hydrogen-bond acceptors (Lipinski definition) is 3. The first-order valence-corrected chi connectivity index (χ1v) is 3.77. The van der Waals surface area contributed by atoms with E-state index < -0.39 is 12.1 Å². The van der Waals surface area contributed by atoms with Crippen molar-refractivity contribution in [2.75, 3.05) is 0 Å². The Labute approximate surface area is 88.0 Å². The van der Waals surface area contributed by atoms with Crippen LogP contribution in [0.1, 0.15) is 5.69 Å². The SMILES string of the molecule is Cn1cncc1C(=N)N.O=C(O)C(F)(F)F. The van der Waals surface area contributed by atoms with Gasteiger partial charge in [0, 0.05) is 7.05 Å². The molecule has 0 aliphatic carbocycles. The van der Waals surface area contributed by atoms with Crippen molar-refractivity contribution in [1.29, 1.82) is 5.41 Å². The molecule has 0 aromatic carbocycles. The first-order chi connectivity index (χ1) is 7.16. The number of aromatic nitrogens is 2. The topological polar surface area (TPSA) is 105 Å². The summed E-state index contributed by atoms with van der Waals surface area (Å²) in [5, 5.41) is 14.1. The summed E-state index contributed by atoms with van der Waals surface area (Å²) in [7, 11) is 1.80. The molecular formula is C7H9F3N4O2. The summed E-state index contributed by atoms with van der Waals surface area (Å²) >= 11 is 0. The average Bonchev–Trinajstić information content (AvgIpc) is 2.50. The highest BCUT2D eigenvalue weighted by Crippen LogP contribution is 2.13. The van der Waals surface area contributed by atoms with Crippen LogP contribution in [0.15, 0.2) is 12.5 Å². The fourth-order valence-corrected chi connectivity index (χ4v) is 0.617. The summed E-state index contributed by atoms with van der Waals surface area (Å²) in [5.74, 6) is -2.71. The molecule has 0 unspecified atom stereocenters. The fourth-order valence-electron chi connectivity index (χ4n) is 0.617. The van der Waals surface area contributed by atoms with Crippen molar-refractivity contribution >= 4 is 11.8 Å². The molecule has 0 atom stereocenters. The zero-order chi connectivity index (χ0) is 12.9.